The van der Waals surface area contributed by atoms with Crippen molar-refractivity contribution in [1.82, 2.24) is 15.1 Å². The maximum atomic E-state index is 13.8. The van der Waals surface area contributed by atoms with E-state index in [1.54, 1.807) is 7.05 Å². The second-order valence-corrected chi connectivity index (χ2v) is 8.49. The molecule has 2 amide bonds. The molecule has 2 aromatic carbocycles. The number of rotatable bonds is 5. The fourth-order valence-corrected chi connectivity index (χ4v) is 5.09. The Morgan fingerprint density at radius 2 is 1.60 bits per heavy atom. The Morgan fingerprint density at radius 3 is 2.23 bits per heavy atom. The molecule has 2 aliphatic rings. The van der Waals surface area contributed by atoms with Crippen LogP contribution in [0.2, 0.25) is 0 Å². The van der Waals surface area contributed by atoms with Gasteiger partial charge in [0.05, 0.1) is 5.41 Å². The average molecular weight is 406 g/mol. The number of nitrogens with zero attached hydrogens (tertiary/aromatic N) is 2. The number of amides is 2. The molecule has 0 bridgehead atoms. The molecule has 4 rings (SSSR count). The number of carbonyl (C=O) groups excluding carboxylic acids is 2. The number of likely N-dealkylation sites (N-methyl/N-ethyl adjacent to an activating group) is 1. The first-order valence-corrected chi connectivity index (χ1v) is 11.0. The summed E-state index contributed by atoms with van der Waals surface area (Å²) >= 11 is 0. The molecule has 30 heavy (non-hydrogen) atoms. The topological polar surface area (TPSA) is 52.7 Å². The van der Waals surface area contributed by atoms with E-state index in [-0.39, 0.29) is 17.9 Å². The van der Waals surface area contributed by atoms with Crippen LogP contribution in [-0.2, 0) is 21.5 Å². The maximum Gasteiger partial charge on any atom is 0.238 e. The molecule has 1 heterocycles. The summed E-state index contributed by atoms with van der Waals surface area (Å²) in [5.41, 5.74) is 1.87. The van der Waals surface area contributed by atoms with Crippen molar-refractivity contribution in [3.8, 4) is 0 Å². The second kappa shape index (κ2) is 9.00. The summed E-state index contributed by atoms with van der Waals surface area (Å²) in [6.45, 7) is 2.52. The predicted molar refractivity (Wildman–Crippen MR) is 118 cm³/mol. The molecule has 5 nitrogen and oxygen atoms in total. The molecular formula is C25H31N3O2. The molecule has 1 aliphatic carbocycles. The van der Waals surface area contributed by atoms with Gasteiger partial charge in [-0.3, -0.25) is 14.5 Å². The van der Waals surface area contributed by atoms with Gasteiger partial charge in [-0.05, 0) is 24.0 Å². The van der Waals surface area contributed by atoms with Crippen LogP contribution in [0.5, 0.6) is 0 Å². The first-order valence-electron chi connectivity index (χ1n) is 11.0. The third kappa shape index (κ3) is 3.99. The highest BCUT2D eigenvalue weighted by Gasteiger charge is 2.46. The van der Waals surface area contributed by atoms with E-state index in [2.05, 4.69) is 34.5 Å². The van der Waals surface area contributed by atoms with Gasteiger partial charge >= 0.3 is 0 Å². The zero-order chi connectivity index (χ0) is 21.0. The number of carbonyl (C=O) groups is 2. The fraction of sp³-hybridized carbons (Fsp3) is 0.440. The summed E-state index contributed by atoms with van der Waals surface area (Å²) in [5.74, 6) is 0.170. The van der Waals surface area contributed by atoms with Crippen molar-refractivity contribution < 1.29 is 9.59 Å². The zero-order valence-corrected chi connectivity index (χ0v) is 17.7. The van der Waals surface area contributed by atoms with E-state index in [0.29, 0.717) is 26.2 Å². The molecule has 5 heteroatoms. The number of benzene rings is 2. The Hall–Kier alpha value is -2.66. The van der Waals surface area contributed by atoms with Gasteiger partial charge in [0.15, 0.2) is 0 Å². The standard InChI is InChI=1S/C25H31N3O2/c1-26-23(29)22-19-28(17-16-27(22)18-20-10-4-2-5-11-20)24(30)25(14-8-9-15-25)21-12-6-3-7-13-21/h2-7,10-13,22H,8-9,14-19H2,1H3,(H,26,29)/t22-/m1/s1. The zero-order valence-electron chi connectivity index (χ0n) is 17.7. The van der Waals surface area contributed by atoms with E-state index in [0.717, 1.165) is 31.2 Å². The van der Waals surface area contributed by atoms with Crippen LogP contribution in [0.1, 0.15) is 36.8 Å². The van der Waals surface area contributed by atoms with Gasteiger partial charge in [-0.2, -0.15) is 0 Å². The lowest BCUT2D eigenvalue weighted by Gasteiger charge is -2.43. The molecule has 2 fully saturated rings. The van der Waals surface area contributed by atoms with Gasteiger partial charge in [0, 0.05) is 33.2 Å². The third-order valence-electron chi connectivity index (χ3n) is 6.75. The van der Waals surface area contributed by atoms with Crippen LogP contribution < -0.4 is 5.32 Å². The van der Waals surface area contributed by atoms with E-state index in [4.69, 9.17) is 0 Å². The van der Waals surface area contributed by atoms with Crippen molar-refractivity contribution in [3.63, 3.8) is 0 Å². The fourth-order valence-electron chi connectivity index (χ4n) is 5.09. The minimum absolute atomic E-state index is 0.0244. The van der Waals surface area contributed by atoms with Gasteiger partial charge in [0.2, 0.25) is 11.8 Å². The summed E-state index contributed by atoms with van der Waals surface area (Å²) in [7, 11) is 1.67. The Kier molecular flexibility index (Phi) is 6.18. The van der Waals surface area contributed by atoms with Crippen molar-refractivity contribution in [2.24, 2.45) is 0 Å². The monoisotopic (exact) mass is 405 g/mol. The van der Waals surface area contributed by atoms with E-state index in [1.165, 1.54) is 5.56 Å². The molecule has 0 unspecified atom stereocenters. The second-order valence-electron chi connectivity index (χ2n) is 8.49. The summed E-state index contributed by atoms with van der Waals surface area (Å²) in [4.78, 5) is 30.7. The van der Waals surface area contributed by atoms with Crippen LogP contribution in [0, 0.1) is 0 Å². The minimum Gasteiger partial charge on any atom is -0.358 e. The molecule has 0 radical (unpaired) electrons. The Balaban J connectivity index is 1.55. The smallest absolute Gasteiger partial charge is 0.238 e. The van der Waals surface area contributed by atoms with Crippen molar-refractivity contribution in [2.45, 2.75) is 43.7 Å². The first-order chi connectivity index (χ1) is 14.6. The molecule has 158 valence electrons. The summed E-state index contributed by atoms with van der Waals surface area (Å²) in [6, 6.07) is 20.1. The summed E-state index contributed by atoms with van der Waals surface area (Å²) in [6.07, 6.45) is 3.94. The number of hydrogen-bond donors (Lipinski definition) is 1. The van der Waals surface area contributed by atoms with Gasteiger partial charge in [-0.15, -0.1) is 0 Å². The highest BCUT2D eigenvalue weighted by atomic mass is 16.2. The quantitative estimate of drug-likeness (QED) is 0.832. The SMILES string of the molecule is CNC(=O)[C@H]1CN(C(=O)C2(c3ccccc3)CCCC2)CCN1Cc1ccccc1. The van der Waals surface area contributed by atoms with Crippen LogP contribution in [0.15, 0.2) is 60.7 Å². The van der Waals surface area contributed by atoms with Gasteiger partial charge in [-0.25, -0.2) is 0 Å². The van der Waals surface area contributed by atoms with Gasteiger partial charge in [-0.1, -0.05) is 73.5 Å². The average Bonchev–Trinajstić information content (AvgIpc) is 3.31. The molecule has 1 atom stereocenters. The molecule has 1 saturated heterocycles. The van der Waals surface area contributed by atoms with Crippen LogP contribution in [0.4, 0.5) is 0 Å². The van der Waals surface area contributed by atoms with Crippen LogP contribution in [0.25, 0.3) is 0 Å². The van der Waals surface area contributed by atoms with Gasteiger partial charge in [0.25, 0.3) is 0 Å². The minimum atomic E-state index is -0.434. The predicted octanol–water partition coefficient (Wildman–Crippen LogP) is 2.96. The van der Waals surface area contributed by atoms with Crippen molar-refractivity contribution in [3.05, 3.63) is 71.8 Å². The lowest BCUT2D eigenvalue weighted by molar-refractivity contribution is -0.143. The highest BCUT2D eigenvalue weighted by molar-refractivity contribution is 5.90. The maximum absolute atomic E-state index is 13.8. The van der Waals surface area contributed by atoms with Crippen molar-refractivity contribution >= 4 is 11.8 Å². The van der Waals surface area contributed by atoms with Crippen LogP contribution >= 0.6 is 0 Å². The van der Waals surface area contributed by atoms with Crippen LogP contribution in [0.3, 0.4) is 0 Å². The lowest BCUT2D eigenvalue weighted by atomic mass is 9.77. The Morgan fingerprint density at radius 1 is 0.967 bits per heavy atom. The largest absolute Gasteiger partial charge is 0.358 e. The highest BCUT2D eigenvalue weighted by Crippen LogP contribution is 2.43. The van der Waals surface area contributed by atoms with E-state index in [9.17, 15) is 9.59 Å². The van der Waals surface area contributed by atoms with E-state index < -0.39 is 5.41 Å². The van der Waals surface area contributed by atoms with Crippen LogP contribution in [-0.4, -0.2) is 54.3 Å². The molecule has 1 N–H and O–H groups in total. The summed E-state index contributed by atoms with van der Waals surface area (Å²) in [5, 5.41) is 2.80. The Labute approximate surface area is 179 Å². The summed E-state index contributed by atoms with van der Waals surface area (Å²) < 4.78 is 0. The number of piperazine rings is 1. The van der Waals surface area contributed by atoms with Gasteiger partial charge in [0.1, 0.15) is 6.04 Å². The van der Waals surface area contributed by atoms with Gasteiger partial charge < -0.3 is 10.2 Å². The normalized spacial score (nSPS) is 21.4. The van der Waals surface area contributed by atoms with E-state index in [1.807, 2.05) is 41.3 Å². The first kappa shape index (κ1) is 20.6. The van der Waals surface area contributed by atoms with Crippen molar-refractivity contribution in [2.75, 3.05) is 26.7 Å². The molecule has 1 aliphatic heterocycles. The molecule has 0 spiro atoms. The number of nitrogens with one attached hydrogen (secondary N) is 1. The lowest BCUT2D eigenvalue weighted by Crippen LogP contribution is -2.61. The molecule has 0 aromatic heterocycles. The van der Waals surface area contributed by atoms with E-state index >= 15 is 0 Å². The molecule has 2 aromatic rings. The Bertz CT molecular complexity index is 862. The number of hydrogen-bond acceptors (Lipinski definition) is 3. The molecular weight excluding hydrogens is 374 g/mol. The van der Waals surface area contributed by atoms with Crippen molar-refractivity contribution in [1.29, 1.82) is 0 Å². The molecule has 1 saturated carbocycles. The third-order valence-corrected chi connectivity index (χ3v) is 6.75.